The van der Waals surface area contributed by atoms with E-state index in [-0.39, 0.29) is 0 Å². The van der Waals surface area contributed by atoms with Crippen LogP contribution in [0.5, 0.6) is 0 Å². The average molecular weight is 222 g/mol. The molecule has 0 amide bonds. The van der Waals surface area contributed by atoms with Gasteiger partial charge in [0.1, 0.15) is 11.3 Å². The van der Waals surface area contributed by atoms with E-state index in [2.05, 4.69) is 27.6 Å². The number of nitrogens with one attached hydrogen (secondary N) is 1. The van der Waals surface area contributed by atoms with Crippen LogP contribution in [0.4, 0.5) is 0 Å². The lowest BCUT2D eigenvalue weighted by molar-refractivity contribution is 0.397. The summed E-state index contributed by atoms with van der Waals surface area (Å²) in [5.74, 6) is 1.77. The number of hydrogen-bond donors (Lipinski definition) is 1. The minimum Gasteiger partial charge on any atom is -0.420 e. The Labute approximate surface area is 93.0 Å². The SMILES string of the molecule is CCNCCc1nnc(-c2cnoc2C)o1. The summed E-state index contributed by atoms with van der Waals surface area (Å²) in [5, 5.41) is 14.8. The van der Waals surface area contributed by atoms with E-state index >= 15 is 0 Å². The van der Waals surface area contributed by atoms with Crippen molar-refractivity contribution in [3.63, 3.8) is 0 Å². The molecule has 0 fully saturated rings. The van der Waals surface area contributed by atoms with Gasteiger partial charge in [-0.2, -0.15) is 0 Å². The normalized spacial score (nSPS) is 10.9. The van der Waals surface area contributed by atoms with Crippen molar-refractivity contribution in [1.29, 1.82) is 0 Å². The molecule has 2 heterocycles. The van der Waals surface area contributed by atoms with Gasteiger partial charge in [0.15, 0.2) is 0 Å². The molecule has 0 aliphatic rings. The summed E-state index contributed by atoms with van der Waals surface area (Å²) >= 11 is 0. The zero-order chi connectivity index (χ0) is 11.4. The Morgan fingerprint density at radius 2 is 2.25 bits per heavy atom. The molecule has 0 aromatic carbocycles. The molecule has 16 heavy (non-hydrogen) atoms. The largest absolute Gasteiger partial charge is 0.420 e. The molecule has 86 valence electrons. The Bertz CT molecular complexity index is 449. The third kappa shape index (κ3) is 2.27. The maximum Gasteiger partial charge on any atom is 0.252 e. The van der Waals surface area contributed by atoms with E-state index in [9.17, 15) is 0 Å². The van der Waals surface area contributed by atoms with Gasteiger partial charge in [-0.15, -0.1) is 10.2 Å². The molecule has 0 saturated carbocycles. The van der Waals surface area contributed by atoms with Crippen molar-refractivity contribution in [3.05, 3.63) is 17.8 Å². The zero-order valence-electron chi connectivity index (χ0n) is 9.36. The van der Waals surface area contributed by atoms with Crippen LogP contribution < -0.4 is 5.32 Å². The third-order valence-electron chi connectivity index (χ3n) is 2.21. The van der Waals surface area contributed by atoms with Crippen molar-refractivity contribution < 1.29 is 8.94 Å². The van der Waals surface area contributed by atoms with E-state index < -0.39 is 0 Å². The first-order chi connectivity index (χ1) is 7.81. The standard InChI is InChI=1S/C10H14N4O2/c1-3-11-5-4-9-13-14-10(15-9)8-6-12-16-7(8)2/h6,11H,3-5H2,1-2H3. The molecule has 2 aromatic rings. The molecule has 2 rings (SSSR count). The van der Waals surface area contributed by atoms with Gasteiger partial charge < -0.3 is 14.3 Å². The molecule has 0 radical (unpaired) electrons. The van der Waals surface area contributed by atoms with E-state index in [1.807, 2.05) is 6.92 Å². The molecule has 2 aromatic heterocycles. The second-order valence-corrected chi connectivity index (χ2v) is 3.40. The van der Waals surface area contributed by atoms with Crippen LogP contribution in [0, 0.1) is 6.92 Å². The lowest BCUT2D eigenvalue weighted by Crippen LogP contribution is -2.16. The second-order valence-electron chi connectivity index (χ2n) is 3.40. The Morgan fingerprint density at radius 1 is 1.38 bits per heavy atom. The Morgan fingerprint density at radius 3 is 2.94 bits per heavy atom. The van der Waals surface area contributed by atoms with Gasteiger partial charge in [0.05, 0.1) is 6.20 Å². The predicted molar refractivity (Wildman–Crippen MR) is 56.8 cm³/mol. The van der Waals surface area contributed by atoms with Crippen LogP contribution in [0.2, 0.25) is 0 Å². The average Bonchev–Trinajstić information content (AvgIpc) is 2.87. The fourth-order valence-corrected chi connectivity index (χ4v) is 1.34. The summed E-state index contributed by atoms with van der Waals surface area (Å²) in [7, 11) is 0. The lowest BCUT2D eigenvalue weighted by Gasteiger charge is -1.95. The predicted octanol–water partition coefficient (Wildman–Crippen LogP) is 1.19. The number of likely N-dealkylation sites (N-methyl/N-ethyl adjacent to an activating group) is 1. The maximum atomic E-state index is 5.49. The second kappa shape index (κ2) is 4.89. The Balaban J connectivity index is 2.05. The summed E-state index contributed by atoms with van der Waals surface area (Å²) in [5.41, 5.74) is 0.752. The first-order valence-corrected chi connectivity index (χ1v) is 5.26. The third-order valence-corrected chi connectivity index (χ3v) is 2.21. The van der Waals surface area contributed by atoms with Crippen molar-refractivity contribution in [2.45, 2.75) is 20.3 Å². The van der Waals surface area contributed by atoms with Gasteiger partial charge >= 0.3 is 0 Å². The highest BCUT2D eigenvalue weighted by molar-refractivity contribution is 5.52. The van der Waals surface area contributed by atoms with E-state index in [0.717, 1.165) is 25.1 Å². The highest BCUT2D eigenvalue weighted by Crippen LogP contribution is 2.21. The van der Waals surface area contributed by atoms with Crippen LogP contribution in [-0.4, -0.2) is 28.4 Å². The van der Waals surface area contributed by atoms with Crippen LogP contribution in [0.3, 0.4) is 0 Å². The molecule has 0 aliphatic carbocycles. The monoisotopic (exact) mass is 222 g/mol. The highest BCUT2D eigenvalue weighted by atomic mass is 16.5. The van der Waals surface area contributed by atoms with Gasteiger partial charge in [-0.25, -0.2) is 0 Å². The molecule has 0 bridgehead atoms. The lowest BCUT2D eigenvalue weighted by atomic mass is 10.3. The smallest absolute Gasteiger partial charge is 0.252 e. The summed E-state index contributed by atoms with van der Waals surface area (Å²) in [4.78, 5) is 0. The molecule has 0 spiro atoms. The first-order valence-electron chi connectivity index (χ1n) is 5.26. The highest BCUT2D eigenvalue weighted by Gasteiger charge is 2.13. The van der Waals surface area contributed by atoms with Crippen molar-refractivity contribution in [1.82, 2.24) is 20.7 Å². The van der Waals surface area contributed by atoms with Crippen LogP contribution in [0.15, 0.2) is 15.1 Å². The first kappa shape index (κ1) is 10.8. The van der Waals surface area contributed by atoms with Crippen molar-refractivity contribution in [3.8, 4) is 11.5 Å². The molecule has 6 nitrogen and oxygen atoms in total. The van der Waals surface area contributed by atoms with Crippen molar-refractivity contribution in [2.75, 3.05) is 13.1 Å². The number of hydrogen-bond acceptors (Lipinski definition) is 6. The van der Waals surface area contributed by atoms with Crippen molar-refractivity contribution >= 4 is 0 Å². The van der Waals surface area contributed by atoms with Gasteiger partial charge in [-0.05, 0) is 13.5 Å². The quantitative estimate of drug-likeness (QED) is 0.765. The molecule has 0 saturated heterocycles. The summed E-state index contributed by atoms with van der Waals surface area (Å²) < 4.78 is 10.4. The summed E-state index contributed by atoms with van der Waals surface area (Å²) in [6.07, 6.45) is 2.31. The van der Waals surface area contributed by atoms with Crippen LogP contribution >= 0.6 is 0 Å². The van der Waals surface area contributed by atoms with Crippen LogP contribution in [0.25, 0.3) is 11.5 Å². The molecule has 0 atom stereocenters. The molecular weight excluding hydrogens is 208 g/mol. The molecule has 6 heteroatoms. The molecular formula is C10H14N4O2. The fraction of sp³-hybridized carbons (Fsp3) is 0.500. The molecule has 1 N–H and O–H groups in total. The minimum atomic E-state index is 0.463. The maximum absolute atomic E-state index is 5.49. The number of aromatic nitrogens is 3. The fourth-order valence-electron chi connectivity index (χ4n) is 1.34. The van der Waals surface area contributed by atoms with E-state index in [0.29, 0.717) is 17.5 Å². The van der Waals surface area contributed by atoms with Crippen LogP contribution in [-0.2, 0) is 6.42 Å². The Kier molecular flexibility index (Phi) is 3.31. The number of rotatable bonds is 5. The van der Waals surface area contributed by atoms with Gasteiger partial charge in [0, 0.05) is 13.0 Å². The summed E-state index contributed by atoms with van der Waals surface area (Å²) in [6, 6.07) is 0. The van der Waals surface area contributed by atoms with Gasteiger partial charge in [0.2, 0.25) is 5.89 Å². The minimum absolute atomic E-state index is 0.463. The Hall–Kier alpha value is -1.69. The van der Waals surface area contributed by atoms with Crippen LogP contribution in [0.1, 0.15) is 18.6 Å². The van der Waals surface area contributed by atoms with Crippen molar-refractivity contribution in [2.24, 2.45) is 0 Å². The summed E-state index contributed by atoms with van der Waals surface area (Å²) in [6.45, 7) is 5.64. The van der Waals surface area contributed by atoms with Gasteiger partial charge in [0.25, 0.3) is 5.89 Å². The number of aryl methyl sites for hydroxylation is 1. The van der Waals surface area contributed by atoms with E-state index in [1.165, 1.54) is 0 Å². The number of nitrogens with zero attached hydrogens (tertiary/aromatic N) is 3. The topological polar surface area (TPSA) is 77.0 Å². The van der Waals surface area contributed by atoms with Gasteiger partial charge in [-0.1, -0.05) is 12.1 Å². The van der Waals surface area contributed by atoms with E-state index in [4.69, 9.17) is 8.94 Å². The molecule has 0 unspecified atom stereocenters. The zero-order valence-corrected chi connectivity index (χ0v) is 9.36. The van der Waals surface area contributed by atoms with Gasteiger partial charge in [-0.3, -0.25) is 0 Å². The molecule has 0 aliphatic heterocycles. The van der Waals surface area contributed by atoms with E-state index in [1.54, 1.807) is 6.20 Å².